The van der Waals surface area contributed by atoms with Crippen LogP contribution in [0.1, 0.15) is 5.56 Å². The third-order valence-electron chi connectivity index (χ3n) is 1.59. The van der Waals surface area contributed by atoms with Crippen LogP contribution in [0.3, 0.4) is 0 Å². The summed E-state index contributed by atoms with van der Waals surface area (Å²) in [6, 6.07) is 0. The molecule has 1 N–H and O–H groups in total. The predicted octanol–water partition coefficient (Wildman–Crippen LogP) is -0.246. The fourth-order valence-electron chi connectivity index (χ4n) is 0.927. The van der Waals surface area contributed by atoms with Crippen molar-refractivity contribution in [3.63, 3.8) is 0 Å². The number of carbonyl (C=O) groups is 1. The molecule has 0 aliphatic heterocycles. The van der Waals surface area contributed by atoms with Gasteiger partial charge in [-0.15, -0.1) is 0 Å². The van der Waals surface area contributed by atoms with Crippen molar-refractivity contribution in [1.82, 2.24) is 9.55 Å². The van der Waals surface area contributed by atoms with Gasteiger partial charge in [0.2, 0.25) is 0 Å². The van der Waals surface area contributed by atoms with Gasteiger partial charge in [0.1, 0.15) is 11.8 Å². The SMILES string of the molecule is O=CCn1cc(C(F)(F)F)c(=O)[nH]c1=O. The summed E-state index contributed by atoms with van der Waals surface area (Å²) in [6.07, 6.45) is -4.29. The van der Waals surface area contributed by atoms with Gasteiger partial charge in [-0.3, -0.25) is 14.3 Å². The van der Waals surface area contributed by atoms with E-state index in [0.717, 1.165) is 0 Å². The van der Waals surface area contributed by atoms with Gasteiger partial charge in [-0.1, -0.05) is 0 Å². The molecule has 0 atom stereocenters. The maximum Gasteiger partial charge on any atom is 0.423 e. The zero-order valence-electron chi connectivity index (χ0n) is 7.17. The molecule has 0 aromatic carbocycles. The molecule has 1 aromatic heterocycles. The molecule has 0 spiro atoms. The standard InChI is InChI=1S/C7H5F3N2O3/c8-7(9,10)4-3-12(1-2-13)6(15)11-5(4)14/h2-3H,1H2,(H,11,14,15). The van der Waals surface area contributed by atoms with Gasteiger partial charge < -0.3 is 4.79 Å². The highest BCUT2D eigenvalue weighted by Gasteiger charge is 2.34. The van der Waals surface area contributed by atoms with Crippen molar-refractivity contribution in [2.45, 2.75) is 12.7 Å². The molecule has 0 radical (unpaired) electrons. The molecule has 0 fully saturated rings. The summed E-state index contributed by atoms with van der Waals surface area (Å²) < 4.78 is 37.0. The van der Waals surface area contributed by atoms with Crippen LogP contribution >= 0.6 is 0 Å². The van der Waals surface area contributed by atoms with Crippen molar-refractivity contribution >= 4 is 6.29 Å². The number of H-pyrrole nitrogens is 1. The number of aldehydes is 1. The molecule has 0 saturated carbocycles. The van der Waals surface area contributed by atoms with Crippen LogP contribution in [0.25, 0.3) is 0 Å². The molecule has 0 amide bonds. The molecule has 0 bridgehead atoms. The second-order valence-corrected chi connectivity index (χ2v) is 2.62. The molecule has 1 heterocycles. The van der Waals surface area contributed by atoms with Crippen LogP contribution in [0.2, 0.25) is 0 Å². The average Bonchev–Trinajstić information content (AvgIpc) is 2.07. The van der Waals surface area contributed by atoms with Gasteiger partial charge in [-0.2, -0.15) is 13.2 Å². The Bertz CT molecular complexity index is 485. The highest BCUT2D eigenvalue weighted by atomic mass is 19.4. The first-order chi connectivity index (χ1) is 6.86. The largest absolute Gasteiger partial charge is 0.423 e. The number of carbonyl (C=O) groups excluding carboxylic acids is 1. The van der Waals surface area contributed by atoms with Crippen molar-refractivity contribution in [2.24, 2.45) is 0 Å². The Morgan fingerprint density at radius 2 is 2.00 bits per heavy atom. The zero-order chi connectivity index (χ0) is 11.6. The highest BCUT2D eigenvalue weighted by Crippen LogP contribution is 2.25. The first-order valence-corrected chi connectivity index (χ1v) is 3.71. The molecular formula is C7H5F3N2O3. The molecule has 1 aromatic rings. The van der Waals surface area contributed by atoms with E-state index in [-0.39, 0.29) is 6.29 Å². The van der Waals surface area contributed by atoms with Gasteiger partial charge >= 0.3 is 11.9 Å². The second-order valence-electron chi connectivity index (χ2n) is 2.62. The van der Waals surface area contributed by atoms with E-state index in [1.807, 2.05) is 0 Å². The van der Waals surface area contributed by atoms with E-state index in [0.29, 0.717) is 10.8 Å². The Morgan fingerprint density at radius 1 is 1.40 bits per heavy atom. The summed E-state index contributed by atoms with van der Waals surface area (Å²) in [5.41, 5.74) is -4.08. The number of rotatable bonds is 2. The van der Waals surface area contributed by atoms with Crippen molar-refractivity contribution in [3.05, 3.63) is 32.6 Å². The molecule has 0 aliphatic rings. The van der Waals surface area contributed by atoms with Gasteiger partial charge in [-0.05, 0) is 0 Å². The van der Waals surface area contributed by atoms with Crippen LogP contribution in [0.4, 0.5) is 13.2 Å². The number of aromatic nitrogens is 2. The Labute approximate surface area is 80.2 Å². The topological polar surface area (TPSA) is 71.9 Å². The quantitative estimate of drug-likeness (QED) is 0.701. The smallest absolute Gasteiger partial charge is 0.301 e. The van der Waals surface area contributed by atoms with Crippen molar-refractivity contribution in [1.29, 1.82) is 0 Å². The van der Waals surface area contributed by atoms with Crippen molar-refractivity contribution in [3.8, 4) is 0 Å². The van der Waals surface area contributed by atoms with E-state index < -0.39 is 29.5 Å². The summed E-state index contributed by atoms with van der Waals surface area (Å²) in [4.78, 5) is 33.2. The van der Waals surface area contributed by atoms with Crippen molar-refractivity contribution in [2.75, 3.05) is 0 Å². The fourth-order valence-corrected chi connectivity index (χ4v) is 0.927. The lowest BCUT2D eigenvalue weighted by Crippen LogP contribution is -2.34. The zero-order valence-corrected chi connectivity index (χ0v) is 7.17. The lowest BCUT2D eigenvalue weighted by molar-refractivity contribution is -0.139. The maximum absolute atomic E-state index is 12.2. The minimum Gasteiger partial charge on any atom is -0.301 e. The van der Waals surface area contributed by atoms with Crippen LogP contribution in [0, 0.1) is 0 Å². The Hall–Kier alpha value is -1.86. The Kier molecular flexibility index (Phi) is 2.78. The molecule has 8 heteroatoms. The molecule has 0 saturated heterocycles. The van der Waals surface area contributed by atoms with Crippen LogP contribution in [0.5, 0.6) is 0 Å². The van der Waals surface area contributed by atoms with E-state index in [4.69, 9.17) is 0 Å². The van der Waals surface area contributed by atoms with Crippen LogP contribution in [-0.2, 0) is 17.5 Å². The number of alkyl halides is 3. The summed E-state index contributed by atoms with van der Waals surface area (Å²) >= 11 is 0. The number of nitrogens with zero attached hydrogens (tertiary/aromatic N) is 1. The summed E-state index contributed by atoms with van der Waals surface area (Å²) in [5.74, 6) is 0. The lowest BCUT2D eigenvalue weighted by Gasteiger charge is -2.07. The van der Waals surface area contributed by atoms with Crippen LogP contribution in [-0.4, -0.2) is 15.8 Å². The molecule has 0 aliphatic carbocycles. The molecule has 0 unspecified atom stereocenters. The molecule has 1 rings (SSSR count). The number of nitrogens with one attached hydrogen (secondary N) is 1. The van der Waals surface area contributed by atoms with Crippen molar-refractivity contribution < 1.29 is 18.0 Å². The second kappa shape index (κ2) is 3.71. The molecular weight excluding hydrogens is 217 g/mol. The Balaban J connectivity index is 3.43. The lowest BCUT2D eigenvalue weighted by atomic mass is 10.3. The van der Waals surface area contributed by atoms with Crippen LogP contribution < -0.4 is 11.2 Å². The summed E-state index contributed by atoms with van der Waals surface area (Å²) in [5, 5.41) is 0. The fraction of sp³-hybridized carbons (Fsp3) is 0.286. The van der Waals surface area contributed by atoms with E-state index in [1.54, 1.807) is 0 Å². The highest BCUT2D eigenvalue weighted by molar-refractivity contribution is 5.49. The van der Waals surface area contributed by atoms with Gasteiger partial charge in [-0.25, -0.2) is 4.79 Å². The number of hydrogen-bond donors (Lipinski definition) is 1. The van der Waals surface area contributed by atoms with Gasteiger partial charge in [0.25, 0.3) is 5.56 Å². The molecule has 82 valence electrons. The van der Waals surface area contributed by atoms with E-state index >= 15 is 0 Å². The predicted molar refractivity (Wildman–Crippen MR) is 42.4 cm³/mol. The monoisotopic (exact) mass is 222 g/mol. The molecule has 5 nitrogen and oxygen atoms in total. The minimum absolute atomic E-state index is 0.250. The third kappa shape index (κ3) is 2.33. The van der Waals surface area contributed by atoms with Crippen LogP contribution in [0.15, 0.2) is 15.8 Å². The maximum atomic E-state index is 12.2. The average molecular weight is 222 g/mol. The number of hydrogen-bond acceptors (Lipinski definition) is 3. The summed E-state index contributed by atoms with van der Waals surface area (Å²) in [7, 11) is 0. The van der Waals surface area contributed by atoms with E-state index in [1.165, 1.54) is 4.98 Å². The minimum atomic E-state index is -4.86. The normalized spacial score (nSPS) is 11.4. The first-order valence-electron chi connectivity index (χ1n) is 3.71. The summed E-state index contributed by atoms with van der Waals surface area (Å²) in [6.45, 7) is -0.543. The van der Waals surface area contributed by atoms with Gasteiger partial charge in [0.05, 0.1) is 6.54 Å². The van der Waals surface area contributed by atoms with Gasteiger partial charge in [0.15, 0.2) is 0 Å². The Morgan fingerprint density at radius 3 is 2.47 bits per heavy atom. The van der Waals surface area contributed by atoms with E-state index in [9.17, 15) is 27.6 Å². The molecule has 15 heavy (non-hydrogen) atoms. The number of halogens is 3. The first kappa shape index (κ1) is 11.2. The third-order valence-corrected chi connectivity index (χ3v) is 1.59. The van der Waals surface area contributed by atoms with E-state index in [2.05, 4.69) is 0 Å². The van der Waals surface area contributed by atoms with Gasteiger partial charge in [0, 0.05) is 6.20 Å². The number of aromatic amines is 1.